The minimum atomic E-state index is -0.497. The Kier molecular flexibility index (Phi) is 5.54. The molecule has 1 N–H and O–H groups in total. The van der Waals surface area contributed by atoms with Gasteiger partial charge in [-0.15, -0.1) is 0 Å². The van der Waals surface area contributed by atoms with E-state index in [9.17, 15) is 5.11 Å². The largest absolute Gasteiger partial charge is 0.393 e. The van der Waals surface area contributed by atoms with Crippen molar-refractivity contribution in [1.29, 1.82) is 0 Å². The zero-order valence-corrected chi connectivity index (χ0v) is 12.7. The molecule has 0 bridgehead atoms. The molecule has 114 valence electrons. The van der Waals surface area contributed by atoms with Gasteiger partial charge in [-0.25, -0.2) is 0 Å². The van der Waals surface area contributed by atoms with Crippen LogP contribution in [0.1, 0.15) is 76.6 Å². The minimum Gasteiger partial charge on any atom is -0.393 e. The Labute approximate surface area is 120 Å². The van der Waals surface area contributed by atoms with Crippen LogP contribution < -0.4 is 0 Å². The van der Waals surface area contributed by atoms with E-state index in [1.807, 2.05) is 13.8 Å². The maximum atomic E-state index is 9.62. The molecule has 3 unspecified atom stereocenters. The van der Waals surface area contributed by atoms with Gasteiger partial charge in [-0.2, -0.15) is 4.98 Å². The first-order valence-corrected chi connectivity index (χ1v) is 7.76. The van der Waals surface area contributed by atoms with E-state index < -0.39 is 6.10 Å². The van der Waals surface area contributed by atoms with Crippen molar-refractivity contribution in [3.8, 4) is 0 Å². The molecule has 0 aromatic carbocycles. The Bertz CT molecular complexity index is 400. The molecule has 0 spiro atoms. The summed E-state index contributed by atoms with van der Waals surface area (Å²) in [6.07, 6.45) is 5.58. The van der Waals surface area contributed by atoms with Gasteiger partial charge in [0.05, 0.1) is 12.0 Å². The van der Waals surface area contributed by atoms with Crippen LogP contribution in [0.15, 0.2) is 4.52 Å². The summed E-state index contributed by atoms with van der Waals surface area (Å²) < 4.78 is 11.2. The first kappa shape index (κ1) is 15.4. The second-order valence-electron chi connectivity index (χ2n) is 5.79. The summed E-state index contributed by atoms with van der Waals surface area (Å²) in [5, 5.41) is 13.7. The molecule has 1 aromatic rings. The van der Waals surface area contributed by atoms with Crippen LogP contribution in [0.5, 0.6) is 0 Å². The molecule has 1 fully saturated rings. The Morgan fingerprint density at radius 1 is 1.30 bits per heavy atom. The third-order valence-corrected chi connectivity index (χ3v) is 4.25. The number of aliphatic hydroxyl groups is 1. The van der Waals surface area contributed by atoms with Crippen LogP contribution >= 0.6 is 0 Å². The van der Waals surface area contributed by atoms with Crippen molar-refractivity contribution < 1.29 is 14.4 Å². The molecule has 1 aromatic heterocycles. The number of aromatic nitrogens is 2. The van der Waals surface area contributed by atoms with E-state index in [1.54, 1.807) is 6.92 Å². The summed E-state index contributed by atoms with van der Waals surface area (Å²) in [4.78, 5) is 4.46. The average Bonchev–Trinajstić information content (AvgIpc) is 2.94. The molecule has 1 saturated carbocycles. The monoisotopic (exact) mass is 282 g/mol. The normalized spacial score (nSPS) is 21.6. The molecule has 1 heterocycles. The number of nitrogens with zero attached hydrogens (tertiary/aromatic N) is 2. The molecule has 1 aliphatic rings. The molecule has 3 atom stereocenters. The summed E-state index contributed by atoms with van der Waals surface area (Å²) in [5.41, 5.74) is 0. The molecule has 5 heteroatoms. The lowest BCUT2D eigenvalue weighted by atomic mass is 9.85. The molecular weight excluding hydrogens is 256 g/mol. The van der Waals surface area contributed by atoms with E-state index in [-0.39, 0.29) is 12.0 Å². The molecule has 0 aliphatic heterocycles. The first-order valence-electron chi connectivity index (χ1n) is 7.76. The Hall–Kier alpha value is -0.940. The molecule has 5 nitrogen and oxygen atoms in total. The second-order valence-corrected chi connectivity index (χ2v) is 5.79. The molecule has 0 saturated heterocycles. The maximum absolute atomic E-state index is 9.62. The average molecular weight is 282 g/mol. The zero-order chi connectivity index (χ0) is 14.5. The topological polar surface area (TPSA) is 68.4 Å². The van der Waals surface area contributed by atoms with Gasteiger partial charge in [-0.1, -0.05) is 31.3 Å². The lowest BCUT2D eigenvalue weighted by molar-refractivity contribution is -0.00145. The van der Waals surface area contributed by atoms with Crippen LogP contribution in [-0.2, 0) is 4.74 Å². The van der Waals surface area contributed by atoms with E-state index in [2.05, 4.69) is 10.1 Å². The van der Waals surface area contributed by atoms with Crippen molar-refractivity contribution in [2.75, 3.05) is 6.61 Å². The fourth-order valence-electron chi connectivity index (χ4n) is 2.79. The highest BCUT2D eigenvalue weighted by atomic mass is 16.5. The van der Waals surface area contributed by atoms with Crippen molar-refractivity contribution in [2.24, 2.45) is 5.92 Å². The van der Waals surface area contributed by atoms with Gasteiger partial charge in [0.15, 0.2) is 0 Å². The second kappa shape index (κ2) is 7.18. The summed E-state index contributed by atoms with van der Waals surface area (Å²) in [6, 6.07) is 0. The Balaban J connectivity index is 2.12. The van der Waals surface area contributed by atoms with Crippen LogP contribution in [-0.4, -0.2) is 28.0 Å². The van der Waals surface area contributed by atoms with Gasteiger partial charge in [-0.3, -0.25) is 0 Å². The molecule has 1 aliphatic carbocycles. The molecule has 0 amide bonds. The lowest BCUT2D eigenvalue weighted by Crippen LogP contribution is -2.20. The van der Waals surface area contributed by atoms with E-state index >= 15 is 0 Å². The SMILES string of the molecule is CCOC(c1noc(C(C)C(C)O)n1)C1CCCCC1. The third kappa shape index (κ3) is 3.58. The standard InChI is InChI=1S/C15H26N2O3/c1-4-19-13(12-8-6-5-7-9-12)14-16-15(20-17-14)10(2)11(3)18/h10-13,18H,4-9H2,1-3H3. The van der Waals surface area contributed by atoms with Crippen molar-refractivity contribution in [3.05, 3.63) is 11.7 Å². The quantitative estimate of drug-likeness (QED) is 0.867. The van der Waals surface area contributed by atoms with Gasteiger partial charge in [-0.05, 0) is 32.6 Å². The Morgan fingerprint density at radius 2 is 2.00 bits per heavy atom. The summed E-state index contributed by atoms with van der Waals surface area (Å²) in [5.74, 6) is 1.47. The van der Waals surface area contributed by atoms with Crippen LogP contribution in [0.25, 0.3) is 0 Å². The van der Waals surface area contributed by atoms with E-state index in [4.69, 9.17) is 9.26 Å². The first-order chi connectivity index (χ1) is 9.63. The molecular formula is C15H26N2O3. The molecule has 2 rings (SSSR count). The van der Waals surface area contributed by atoms with Gasteiger partial charge >= 0.3 is 0 Å². The van der Waals surface area contributed by atoms with E-state index in [0.717, 1.165) is 0 Å². The number of rotatable bonds is 6. The highest BCUT2D eigenvalue weighted by molar-refractivity contribution is 4.99. The number of hydrogen-bond donors (Lipinski definition) is 1. The Morgan fingerprint density at radius 3 is 2.60 bits per heavy atom. The smallest absolute Gasteiger partial charge is 0.232 e. The van der Waals surface area contributed by atoms with Gasteiger partial charge in [0.1, 0.15) is 6.10 Å². The zero-order valence-electron chi connectivity index (χ0n) is 12.7. The highest BCUT2D eigenvalue weighted by Crippen LogP contribution is 2.36. The minimum absolute atomic E-state index is 0.0704. The van der Waals surface area contributed by atoms with E-state index in [0.29, 0.717) is 24.2 Å². The highest BCUT2D eigenvalue weighted by Gasteiger charge is 2.30. The lowest BCUT2D eigenvalue weighted by Gasteiger charge is -2.27. The fourth-order valence-corrected chi connectivity index (χ4v) is 2.79. The van der Waals surface area contributed by atoms with Gasteiger partial charge < -0.3 is 14.4 Å². The molecule has 20 heavy (non-hydrogen) atoms. The number of hydrogen-bond acceptors (Lipinski definition) is 5. The van der Waals surface area contributed by atoms with Crippen molar-refractivity contribution in [3.63, 3.8) is 0 Å². The fraction of sp³-hybridized carbons (Fsp3) is 0.867. The van der Waals surface area contributed by atoms with Gasteiger partial charge in [0, 0.05) is 6.61 Å². The molecule has 0 radical (unpaired) electrons. The third-order valence-electron chi connectivity index (χ3n) is 4.25. The maximum Gasteiger partial charge on any atom is 0.232 e. The van der Waals surface area contributed by atoms with E-state index in [1.165, 1.54) is 32.1 Å². The predicted octanol–water partition coefficient (Wildman–Crippen LogP) is 3.21. The van der Waals surface area contributed by atoms with Crippen LogP contribution in [0.2, 0.25) is 0 Å². The van der Waals surface area contributed by atoms with Crippen LogP contribution in [0, 0.1) is 5.92 Å². The predicted molar refractivity (Wildman–Crippen MR) is 75.3 cm³/mol. The van der Waals surface area contributed by atoms with Crippen molar-refractivity contribution in [1.82, 2.24) is 10.1 Å². The van der Waals surface area contributed by atoms with Gasteiger partial charge in [0.2, 0.25) is 11.7 Å². The van der Waals surface area contributed by atoms with Gasteiger partial charge in [0.25, 0.3) is 0 Å². The van der Waals surface area contributed by atoms with Crippen molar-refractivity contribution in [2.45, 2.75) is 71.0 Å². The number of ether oxygens (including phenoxy) is 1. The van der Waals surface area contributed by atoms with Crippen LogP contribution in [0.3, 0.4) is 0 Å². The van der Waals surface area contributed by atoms with Crippen LogP contribution in [0.4, 0.5) is 0 Å². The number of aliphatic hydroxyl groups excluding tert-OH is 1. The van der Waals surface area contributed by atoms with Crippen molar-refractivity contribution >= 4 is 0 Å². The summed E-state index contributed by atoms with van der Waals surface area (Å²) >= 11 is 0. The summed E-state index contributed by atoms with van der Waals surface area (Å²) in [7, 11) is 0. The summed E-state index contributed by atoms with van der Waals surface area (Å²) in [6.45, 7) is 6.26.